The van der Waals surface area contributed by atoms with Crippen LogP contribution in [0.2, 0.25) is 0 Å². The number of rotatable bonds is 4. The van der Waals surface area contributed by atoms with Crippen molar-refractivity contribution < 1.29 is 23.8 Å². The largest absolute Gasteiger partial charge is 0.478 e. The van der Waals surface area contributed by atoms with Gasteiger partial charge in [0.05, 0.1) is 17.9 Å². The predicted molar refractivity (Wildman–Crippen MR) is 73.9 cm³/mol. The molecule has 3 N–H and O–H groups in total. The van der Waals surface area contributed by atoms with Gasteiger partial charge in [-0.3, -0.25) is 0 Å². The Morgan fingerprint density at radius 2 is 2.24 bits per heavy atom. The predicted octanol–water partition coefficient (Wildman–Crippen LogP) is 2.07. The zero-order valence-electron chi connectivity index (χ0n) is 11.4. The summed E-state index contributed by atoms with van der Waals surface area (Å²) in [5, 5.41) is 14.0. The average molecular weight is 296 g/mol. The van der Waals surface area contributed by atoms with Crippen LogP contribution in [0, 0.1) is 11.7 Å². The molecular weight excluding hydrogens is 279 g/mol. The van der Waals surface area contributed by atoms with E-state index in [0.717, 1.165) is 37.6 Å². The van der Waals surface area contributed by atoms with E-state index in [1.54, 1.807) is 0 Å². The molecule has 0 radical (unpaired) electrons. The second kappa shape index (κ2) is 7.03. The summed E-state index contributed by atoms with van der Waals surface area (Å²) in [5.41, 5.74) is -0.229. The molecule has 0 aliphatic carbocycles. The number of carbonyl (C=O) groups excluding carboxylic acids is 1. The molecule has 1 saturated heterocycles. The minimum absolute atomic E-state index is 0.0695. The first-order chi connectivity index (χ1) is 10.1. The lowest BCUT2D eigenvalue weighted by molar-refractivity contribution is 0.0559. The van der Waals surface area contributed by atoms with Crippen molar-refractivity contribution in [1.29, 1.82) is 0 Å². The number of amides is 2. The van der Waals surface area contributed by atoms with E-state index in [1.807, 2.05) is 0 Å². The van der Waals surface area contributed by atoms with Crippen LogP contribution in [0.3, 0.4) is 0 Å². The third kappa shape index (κ3) is 4.42. The number of anilines is 1. The van der Waals surface area contributed by atoms with Crippen LogP contribution in [0.15, 0.2) is 18.2 Å². The van der Waals surface area contributed by atoms with E-state index >= 15 is 0 Å². The Balaban J connectivity index is 1.92. The lowest BCUT2D eigenvalue weighted by Gasteiger charge is -2.22. The second-order valence-corrected chi connectivity index (χ2v) is 4.91. The van der Waals surface area contributed by atoms with E-state index in [4.69, 9.17) is 9.84 Å². The van der Waals surface area contributed by atoms with Crippen LogP contribution in [0.1, 0.15) is 23.2 Å². The van der Waals surface area contributed by atoms with Crippen molar-refractivity contribution in [3.8, 4) is 0 Å². The molecule has 1 aromatic carbocycles. The van der Waals surface area contributed by atoms with Crippen LogP contribution in [0.5, 0.6) is 0 Å². The molecule has 7 heteroatoms. The first-order valence-corrected chi connectivity index (χ1v) is 6.71. The Bertz CT molecular complexity index is 530. The van der Waals surface area contributed by atoms with Crippen molar-refractivity contribution in [2.75, 3.05) is 25.1 Å². The van der Waals surface area contributed by atoms with E-state index in [9.17, 15) is 14.0 Å². The van der Waals surface area contributed by atoms with E-state index in [2.05, 4.69) is 10.6 Å². The zero-order chi connectivity index (χ0) is 15.2. The molecule has 114 valence electrons. The molecule has 21 heavy (non-hydrogen) atoms. The monoisotopic (exact) mass is 296 g/mol. The third-order valence-corrected chi connectivity index (χ3v) is 3.27. The van der Waals surface area contributed by atoms with Crippen LogP contribution in [0.25, 0.3) is 0 Å². The molecule has 1 aliphatic rings. The highest BCUT2D eigenvalue weighted by Gasteiger charge is 2.16. The van der Waals surface area contributed by atoms with Gasteiger partial charge in [-0.05, 0) is 37.0 Å². The van der Waals surface area contributed by atoms with Crippen LogP contribution in [-0.4, -0.2) is 36.9 Å². The first kappa shape index (κ1) is 15.2. The van der Waals surface area contributed by atoms with Crippen molar-refractivity contribution in [3.63, 3.8) is 0 Å². The number of carboxylic acids is 1. The van der Waals surface area contributed by atoms with Gasteiger partial charge in [0.25, 0.3) is 0 Å². The molecule has 2 amide bonds. The fraction of sp³-hybridized carbons (Fsp3) is 0.429. The van der Waals surface area contributed by atoms with Gasteiger partial charge in [0, 0.05) is 13.2 Å². The lowest BCUT2D eigenvalue weighted by atomic mass is 10.0. The van der Waals surface area contributed by atoms with Gasteiger partial charge in [-0.25, -0.2) is 14.0 Å². The molecule has 1 atom stereocenters. The molecule has 1 aromatic rings. The molecule has 1 fully saturated rings. The minimum Gasteiger partial charge on any atom is -0.478 e. The molecule has 2 rings (SSSR count). The fourth-order valence-corrected chi connectivity index (χ4v) is 2.18. The fourth-order valence-electron chi connectivity index (χ4n) is 2.18. The highest BCUT2D eigenvalue weighted by atomic mass is 19.1. The maximum Gasteiger partial charge on any atom is 0.337 e. The van der Waals surface area contributed by atoms with Crippen molar-refractivity contribution in [2.45, 2.75) is 12.8 Å². The highest BCUT2D eigenvalue weighted by Crippen LogP contribution is 2.17. The van der Waals surface area contributed by atoms with Gasteiger partial charge in [-0.2, -0.15) is 0 Å². The number of hydrogen-bond donors (Lipinski definition) is 3. The van der Waals surface area contributed by atoms with Crippen molar-refractivity contribution in [3.05, 3.63) is 29.6 Å². The number of carboxylic acid groups (broad SMARTS) is 1. The summed E-state index contributed by atoms with van der Waals surface area (Å²) in [5.74, 6) is -1.60. The van der Waals surface area contributed by atoms with Gasteiger partial charge in [0.1, 0.15) is 5.82 Å². The standard InChI is InChI=1S/C14H17FN2O4/c15-10-3-4-11(13(18)19)12(6-10)17-14(20)16-7-9-2-1-5-21-8-9/h3-4,6,9H,1-2,5,7-8H2,(H,18,19)(H2,16,17,20). The van der Waals surface area contributed by atoms with Gasteiger partial charge < -0.3 is 20.5 Å². The molecule has 1 unspecified atom stereocenters. The number of aromatic carboxylic acids is 1. The average Bonchev–Trinajstić information content (AvgIpc) is 2.46. The normalized spacial score (nSPS) is 18.0. The smallest absolute Gasteiger partial charge is 0.337 e. The Hall–Kier alpha value is -2.15. The van der Waals surface area contributed by atoms with Crippen LogP contribution in [-0.2, 0) is 4.74 Å². The van der Waals surface area contributed by atoms with Gasteiger partial charge in [0.15, 0.2) is 0 Å². The summed E-state index contributed by atoms with van der Waals surface area (Å²) in [6, 6.07) is 2.56. The van der Waals surface area contributed by atoms with Gasteiger partial charge in [-0.15, -0.1) is 0 Å². The number of hydrogen-bond acceptors (Lipinski definition) is 3. The molecule has 0 aromatic heterocycles. The quantitative estimate of drug-likeness (QED) is 0.793. The summed E-state index contributed by atoms with van der Waals surface area (Å²) >= 11 is 0. The summed E-state index contributed by atoms with van der Waals surface area (Å²) in [7, 11) is 0. The van der Waals surface area contributed by atoms with Crippen LogP contribution in [0.4, 0.5) is 14.9 Å². The number of ether oxygens (including phenoxy) is 1. The molecule has 0 spiro atoms. The molecule has 1 heterocycles. The highest BCUT2D eigenvalue weighted by molar-refractivity contribution is 5.99. The topological polar surface area (TPSA) is 87.7 Å². The Morgan fingerprint density at radius 1 is 1.43 bits per heavy atom. The minimum atomic E-state index is -1.23. The first-order valence-electron chi connectivity index (χ1n) is 6.71. The van der Waals surface area contributed by atoms with Gasteiger partial charge in [-0.1, -0.05) is 0 Å². The number of urea groups is 1. The Morgan fingerprint density at radius 3 is 2.90 bits per heavy atom. The van der Waals surface area contributed by atoms with Crippen molar-refractivity contribution in [2.24, 2.45) is 5.92 Å². The summed E-state index contributed by atoms with van der Waals surface area (Å²) < 4.78 is 18.5. The van der Waals surface area contributed by atoms with E-state index in [-0.39, 0.29) is 17.2 Å². The number of carbonyl (C=O) groups is 2. The van der Waals surface area contributed by atoms with Crippen LogP contribution >= 0.6 is 0 Å². The van der Waals surface area contributed by atoms with E-state index in [0.29, 0.717) is 13.2 Å². The molecule has 0 bridgehead atoms. The molecular formula is C14H17FN2O4. The molecule has 6 nitrogen and oxygen atoms in total. The van der Waals surface area contributed by atoms with E-state index < -0.39 is 17.8 Å². The number of benzene rings is 1. The van der Waals surface area contributed by atoms with Crippen molar-refractivity contribution >= 4 is 17.7 Å². The van der Waals surface area contributed by atoms with Crippen molar-refractivity contribution in [1.82, 2.24) is 5.32 Å². The van der Waals surface area contributed by atoms with Gasteiger partial charge in [0.2, 0.25) is 0 Å². The molecule has 0 saturated carbocycles. The lowest BCUT2D eigenvalue weighted by Crippen LogP contribution is -2.36. The number of halogens is 1. The summed E-state index contributed by atoms with van der Waals surface area (Å²) in [4.78, 5) is 22.8. The number of nitrogens with one attached hydrogen (secondary N) is 2. The Labute approximate surface area is 121 Å². The van der Waals surface area contributed by atoms with Gasteiger partial charge >= 0.3 is 12.0 Å². The van der Waals surface area contributed by atoms with Crippen LogP contribution < -0.4 is 10.6 Å². The maximum atomic E-state index is 13.2. The second-order valence-electron chi connectivity index (χ2n) is 4.91. The maximum absolute atomic E-state index is 13.2. The third-order valence-electron chi connectivity index (χ3n) is 3.27. The molecule has 1 aliphatic heterocycles. The Kier molecular flexibility index (Phi) is 5.10. The SMILES string of the molecule is O=C(NCC1CCCOC1)Nc1cc(F)ccc1C(=O)O. The van der Waals surface area contributed by atoms with E-state index in [1.165, 1.54) is 0 Å². The summed E-state index contributed by atoms with van der Waals surface area (Å²) in [6.45, 7) is 1.78. The summed E-state index contributed by atoms with van der Waals surface area (Å²) in [6.07, 6.45) is 1.93. The zero-order valence-corrected chi connectivity index (χ0v) is 11.4.